The zero-order valence-electron chi connectivity index (χ0n) is 14.9. The topological polar surface area (TPSA) is 188 Å². The minimum absolute atomic E-state index is 0.177. The van der Waals surface area contributed by atoms with E-state index in [1.54, 1.807) is 6.92 Å². The number of amides is 3. The Morgan fingerprint density at radius 2 is 1.50 bits per heavy atom. The summed E-state index contributed by atoms with van der Waals surface area (Å²) in [6.07, 6.45) is -0.0839. The molecule has 0 aromatic carbocycles. The van der Waals surface area contributed by atoms with Gasteiger partial charge in [-0.15, -0.1) is 0 Å². The molecule has 0 aromatic heterocycles. The van der Waals surface area contributed by atoms with Gasteiger partial charge in [-0.3, -0.25) is 24.0 Å². The summed E-state index contributed by atoms with van der Waals surface area (Å²) in [5.74, 6) is -5.10. The third-order valence-electron chi connectivity index (χ3n) is 3.74. The van der Waals surface area contributed by atoms with E-state index in [9.17, 15) is 24.0 Å². The summed E-state index contributed by atoms with van der Waals surface area (Å²) < 4.78 is 0. The molecule has 26 heavy (non-hydrogen) atoms. The maximum atomic E-state index is 12.2. The zero-order valence-corrected chi connectivity index (χ0v) is 14.9. The molecule has 0 aliphatic rings. The standard InChI is InChI=1S/C15H26N4O7/c1-4-7(2)12(16)15(26)19-9(5-10(20)21)14(25)18-8(3)13(24)17-6-11(22)23/h7-9,12H,4-6,16H2,1-3H3,(H,17,24)(H,18,25)(H,19,26)(H,20,21)(H,22,23). The molecule has 0 saturated carbocycles. The Bertz CT molecular complexity index is 552. The minimum atomic E-state index is -1.43. The summed E-state index contributed by atoms with van der Waals surface area (Å²) in [6, 6.07) is -3.47. The summed E-state index contributed by atoms with van der Waals surface area (Å²) in [7, 11) is 0. The summed E-state index contributed by atoms with van der Waals surface area (Å²) in [4.78, 5) is 57.3. The zero-order chi connectivity index (χ0) is 20.4. The molecule has 4 unspecified atom stereocenters. The molecule has 0 aromatic rings. The highest BCUT2D eigenvalue weighted by Crippen LogP contribution is 2.06. The van der Waals surface area contributed by atoms with Crippen molar-refractivity contribution in [1.29, 1.82) is 0 Å². The first-order valence-corrected chi connectivity index (χ1v) is 8.07. The first-order valence-electron chi connectivity index (χ1n) is 8.07. The lowest BCUT2D eigenvalue weighted by molar-refractivity contribution is -0.141. The Morgan fingerprint density at radius 3 is 1.96 bits per heavy atom. The van der Waals surface area contributed by atoms with E-state index in [4.69, 9.17) is 15.9 Å². The number of hydrogen-bond acceptors (Lipinski definition) is 6. The van der Waals surface area contributed by atoms with E-state index in [2.05, 4.69) is 16.0 Å². The molecule has 0 bridgehead atoms. The van der Waals surface area contributed by atoms with E-state index >= 15 is 0 Å². The third-order valence-corrected chi connectivity index (χ3v) is 3.74. The minimum Gasteiger partial charge on any atom is -0.481 e. The maximum absolute atomic E-state index is 12.2. The van der Waals surface area contributed by atoms with Crippen LogP contribution in [0.4, 0.5) is 0 Å². The van der Waals surface area contributed by atoms with Gasteiger partial charge < -0.3 is 31.9 Å². The number of hydrogen-bond donors (Lipinski definition) is 6. The summed E-state index contributed by atoms with van der Waals surface area (Å²) in [6.45, 7) is 4.24. The first kappa shape index (κ1) is 23.3. The number of nitrogens with one attached hydrogen (secondary N) is 3. The van der Waals surface area contributed by atoms with Gasteiger partial charge in [-0.2, -0.15) is 0 Å². The second-order valence-corrected chi connectivity index (χ2v) is 5.91. The number of carboxylic acids is 2. The van der Waals surface area contributed by atoms with Crippen molar-refractivity contribution in [2.45, 2.75) is 51.7 Å². The fourth-order valence-corrected chi connectivity index (χ4v) is 1.86. The van der Waals surface area contributed by atoms with Crippen molar-refractivity contribution in [3.8, 4) is 0 Å². The smallest absolute Gasteiger partial charge is 0.322 e. The molecule has 7 N–H and O–H groups in total. The van der Waals surface area contributed by atoms with E-state index in [1.165, 1.54) is 6.92 Å². The quantitative estimate of drug-likeness (QED) is 0.240. The Labute approximate surface area is 150 Å². The number of nitrogens with two attached hydrogens (primary N) is 1. The number of carboxylic acid groups (broad SMARTS) is 2. The van der Waals surface area contributed by atoms with E-state index < -0.39 is 60.8 Å². The van der Waals surface area contributed by atoms with Crippen molar-refractivity contribution < 1.29 is 34.2 Å². The van der Waals surface area contributed by atoms with Crippen LogP contribution in [0.25, 0.3) is 0 Å². The Morgan fingerprint density at radius 1 is 0.923 bits per heavy atom. The number of carbonyl (C=O) groups excluding carboxylic acids is 3. The van der Waals surface area contributed by atoms with Crippen molar-refractivity contribution in [2.75, 3.05) is 6.54 Å². The van der Waals surface area contributed by atoms with Crippen molar-refractivity contribution in [2.24, 2.45) is 11.7 Å². The molecule has 0 radical (unpaired) electrons. The van der Waals surface area contributed by atoms with Crippen molar-refractivity contribution in [1.82, 2.24) is 16.0 Å². The van der Waals surface area contributed by atoms with Gasteiger partial charge in [-0.05, 0) is 12.8 Å². The van der Waals surface area contributed by atoms with Gasteiger partial charge in [0.05, 0.1) is 12.5 Å². The molecule has 0 aliphatic carbocycles. The number of carbonyl (C=O) groups is 5. The van der Waals surface area contributed by atoms with Crippen LogP contribution in [0.3, 0.4) is 0 Å². The second kappa shape index (κ2) is 11.0. The lowest BCUT2D eigenvalue weighted by Crippen LogP contribution is -2.56. The van der Waals surface area contributed by atoms with Crippen LogP contribution in [0, 0.1) is 5.92 Å². The van der Waals surface area contributed by atoms with Gasteiger partial charge in [0.15, 0.2) is 0 Å². The van der Waals surface area contributed by atoms with Gasteiger partial charge in [-0.1, -0.05) is 20.3 Å². The molecule has 11 nitrogen and oxygen atoms in total. The van der Waals surface area contributed by atoms with Gasteiger partial charge in [0.1, 0.15) is 18.6 Å². The summed E-state index contributed by atoms with van der Waals surface area (Å²) >= 11 is 0. The highest BCUT2D eigenvalue weighted by atomic mass is 16.4. The van der Waals surface area contributed by atoms with Crippen LogP contribution in [-0.4, -0.2) is 64.5 Å². The van der Waals surface area contributed by atoms with E-state index in [1.807, 2.05) is 6.92 Å². The molecule has 0 saturated heterocycles. The largest absolute Gasteiger partial charge is 0.481 e. The monoisotopic (exact) mass is 374 g/mol. The lowest BCUT2D eigenvalue weighted by atomic mass is 9.99. The SMILES string of the molecule is CCC(C)C(N)C(=O)NC(CC(=O)O)C(=O)NC(C)C(=O)NCC(=O)O. The van der Waals surface area contributed by atoms with Gasteiger partial charge in [0, 0.05) is 0 Å². The number of aliphatic carboxylic acids is 2. The molecule has 0 aliphatic heterocycles. The van der Waals surface area contributed by atoms with Crippen molar-refractivity contribution >= 4 is 29.7 Å². The molecule has 11 heteroatoms. The van der Waals surface area contributed by atoms with Crippen LogP contribution < -0.4 is 21.7 Å². The Hall–Kier alpha value is -2.69. The fraction of sp³-hybridized carbons (Fsp3) is 0.667. The molecule has 4 atom stereocenters. The highest BCUT2D eigenvalue weighted by molar-refractivity contribution is 5.95. The first-order chi connectivity index (χ1) is 12.0. The van der Waals surface area contributed by atoms with Crippen LogP contribution in [-0.2, 0) is 24.0 Å². The fourth-order valence-electron chi connectivity index (χ4n) is 1.86. The highest BCUT2D eigenvalue weighted by Gasteiger charge is 2.29. The second-order valence-electron chi connectivity index (χ2n) is 5.91. The third kappa shape index (κ3) is 8.42. The molecule has 0 fully saturated rings. The van der Waals surface area contributed by atoms with Crippen LogP contribution in [0.5, 0.6) is 0 Å². The van der Waals surface area contributed by atoms with E-state index in [-0.39, 0.29) is 5.92 Å². The lowest BCUT2D eigenvalue weighted by Gasteiger charge is -2.23. The molecule has 148 valence electrons. The van der Waals surface area contributed by atoms with E-state index in [0.717, 1.165) is 0 Å². The number of rotatable bonds is 11. The average Bonchev–Trinajstić information content (AvgIpc) is 2.56. The molecular formula is C15H26N4O7. The molecule has 0 heterocycles. The summed E-state index contributed by atoms with van der Waals surface area (Å²) in [5, 5.41) is 24.0. The molecule has 3 amide bonds. The van der Waals surface area contributed by atoms with Gasteiger partial charge >= 0.3 is 11.9 Å². The maximum Gasteiger partial charge on any atom is 0.322 e. The predicted octanol–water partition coefficient (Wildman–Crippen LogP) is -1.98. The van der Waals surface area contributed by atoms with Gasteiger partial charge in [-0.25, -0.2) is 0 Å². The normalized spacial score (nSPS) is 15.1. The Balaban J connectivity index is 4.93. The van der Waals surface area contributed by atoms with Gasteiger partial charge in [0.2, 0.25) is 17.7 Å². The van der Waals surface area contributed by atoms with Crippen LogP contribution in [0.15, 0.2) is 0 Å². The molecular weight excluding hydrogens is 348 g/mol. The van der Waals surface area contributed by atoms with Crippen molar-refractivity contribution in [3.05, 3.63) is 0 Å². The molecule has 0 rings (SSSR count). The van der Waals surface area contributed by atoms with Crippen molar-refractivity contribution in [3.63, 3.8) is 0 Å². The van der Waals surface area contributed by atoms with Crippen LogP contribution in [0.2, 0.25) is 0 Å². The average molecular weight is 374 g/mol. The van der Waals surface area contributed by atoms with E-state index in [0.29, 0.717) is 6.42 Å². The summed E-state index contributed by atoms with van der Waals surface area (Å²) in [5.41, 5.74) is 5.76. The predicted molar refractivity (Wildman–Crippen MR) is 89.9 cm³/mol. The molecule has 0 spiro atoms. The van der Waals surface area contributed by atoms with Crippen LogP contribution >= 0.6 is 0 Å². The van der Waals surface area contributed by atoms with Crippen LogP contribution in [0.1, 0.15) is 33.6 Å². The Kier molecular flexibility index (Phi) is 9.89. The van der Waals surface area contributed by atoms with Gasteiger partial charge in [0.25, 0.3) is 0 Å².